The van der Waals surface area contributed by atoms with Crippen molar-refractivity contribution in [1.82, 2.24) is 19.0 Å². The molecule has 0 aliphatic carbocycles. The molecule has 0 saturated heterocycles. The van der Waals surface area contributed by atoms with E-state index in [1.807, 2.05) is 43.3 Å². The Hall–Kier alpha value is -4.33. The molecule has 40 heavy (non-hydrogen) atoms. The van der Waals surface area contributed by atoms with E-state index in [2.05, 4.69) is 0 Å². The van der Waals surface area contributed by atoms with Crippen molar-refractivity contribution in [2.45, 2.75) is 39.0 Å². The van der Waals surface area contributed by atoms with Gasteiger partial charge in [0, 0.05) is 42.5 Å². The van der Waals surface area contributed by atoms with Crippen LogP contribution in [-0.2, 0) is 19.6 Å². The van der Waals surface area contributed by atoms with Gasteiger partial charge in [-0.15, -0.1) is 0 Å². The van der Waals surface area contributed by atoms with E-state index in [1.54, 1.807) is 62.0 Å². The summed E-state index contributed by atoms with van der Waals surface area (Å²) in [4.78, 5) is 27.5. The van der Waals surface area contributed by atoms with Crippen LogP contribution in [0.1, 0.15) is 39.7 Å². The topological polar surface area (TPSA) is 116 Å². The maximum Gasteiger partial charge on any atom is 0.271 e. The number of nitrogens with zero attached hydrogens (tertiary/aromatic N) is 5. The van der Waals surface area contributed by atoms with Crippen LogP contribution in [0, 0.1) is 11.3 Å². The number of amides is 2. The van der Waals surface area contributed by atoms with Gasteiger partial charge < -0.3 is 0 Å². The molecule has 4 rings (SSSR count). The molecule has 0 saturated carbocycles. The van der Waals surface area contributed by atoms with Crippen LogP contribution in [0.15, 0.2) is 82.4 Å². The summed E-state index contributed by atoms with van der Waals surface area (Å²) in [5.41, 5.74) is 2.72. The van der Waals surface area contributed by atoms with Crippen molar-refractivity contribution in [3.63, 3.8) is 0 Å². The summed E-state index contributed by atoms with van der Waals surface area (Å²) in [5, 5.41) is 14.5. The van der Waals surface area contributed by atoms with Crippen LogP contribution in [0.3, 0.4) is 0 Å². The summed E-state index contributed by atoms with van der Waals surface area (Å²) in [6, 6.07) is 17.9. The highest BCUT2D eigenvalue weighted by Crippen LogP contribution is 2.32. The SMILES string of the molecule is CCCN1C(=O)C(C#N)=C(C)/C(=C\c2cn(-c3ccccc3)nc2-c2cccc(S(=O)(=O)N(CC)CC)c2)C1=O. The Morgan fingerprint density at radius 3 is 2.33 bits per heavy atom. The third-order valence-corrected chi connectivity index (χ3v) is 8.83. The standard InChI is InChI=1S/C30H31N5O4S/c1-5-16-34-29(36)26(21(4)27(19-31)30(34)37)18-23-20-35(24-13-9-8-10-14-24)32-28(23)22-12-11-15-25(17-22)40(38,39)33(6-2)7-3/h8-15,17-18,20H,5-7,16H2,1-4H3/b26-18+. The number of hydrogen-bond acceptors (Lipinski definition) is 6. The lowest BCUT2D eigenvalue weighted by Gasteiger charge is -2.27. The normalized spacial score (nSPS) is 15.3. The third-order valence-electron chi connectivity index (χ3n) is 6.79. The lowest BCUT2D eigenvalue weighted by molar-refractivity contribution is -0.140. The average Bonchev–Trinajstić information content (AvgIpc) is 3.39. The summed E-state index contributed by atoms with van der Waals surface area (Å²) in [6.07, 6.45) is 3.92. The Bertz CT molecular complexity index is 1660. The number of para-hydroxylation sites is 1. The molecule has 1 aromatic heterocycles. The van der Waals surface area contributed by atoms with Crippen LogP contribution in [-0.4, -0.2) is 58.9 Å². The van der Waals surface area contributed by atoms with Crippen molar-refractivity contribution in [3.05, 3.63) is 83.1 Å². The van der Waals surface area contributed by atoms with Gasteiger partial charge in [0.15, 0.2) is 0 Å². The largest absolute Gasteiger partial charge is 0.274 e. The Morgan fingerprint density at radius 1 is 1.00 bits per heavy atom. The lowest BCUT2D eigenvalue weighted by Crippen LogP contribution is -2.43. The number of imide groups is 1. The summed E-state index contributed by atoms with van der Waals surface area (Å²) in [7, 11) is -3.72. The molecule has 0 N–H and O–H groups in total. The van der Waals surface area contributed by atoms with Crippen molar-refractivity contribution in [3.8, 4) is 23.0 Å². The van der Waals surface area contributed by atoms with E-state index >= 15 is 0 Å². The van der Waals surface area contributed by atoms with E-state index in [-0.39, 0.29) is 22.6 Å². The summed E-state index contributed by atoms with van der Waals surface area (Å²) < 4.78 is 29.6. The van der Waals surface area contributed by atoms with Gasteiger partial charge in [-0.05, 0) is 49.3 Å². The number of nitriles is 1. The number of rotatable bonds is 9. The molecule has 0 bridgehead atoms. The number of hydrogen-bond donors (Lipinski definition) is 0. The predicted octanol–water partition coefficient (Wildman–Crippen LogP) is 4.57. The molecule has 0 unspecified atom stereocenters. The first-order chi connectivity index (χ1) is 19.2. The van der Waals surface area contributed by atoms with Crippen LogP contribution in [0.2, 0.25) is 0 Å². The van der Waals surface area contributed by atoms with Gasteiger partial charge >= 0.3 is 0 Å². The van der Waals surface area contributed by atoms with Gasteiger partial charge in [-0.3, -0.25) is 14.5 Å². The summed E-state index contributed by atoms with van der Waals surface area (Å²) in [6.45, 7) is 7.88. The summed E-state index contributed by atoms with van der Waals surface area (Å²) in [5.74, 6) is -1.09. The van der Waals surface area contributed by atoms with E-state index in [4.69, 9.17) is 5.10 Å². The Morgan fingerprint density at radius 2 is 1.70 bits per heavy atom. The average molecular weight is 558 g/mol. The highest BCUT2D eigenvalue weighted by molar-refractivity contribution is 7.89. The monoisotopic (exact) mass is 557 g/mol. The molecule has 2 heterocycles. The van der Waals surface area contributed by atoms with Crippen LogP contribution in [0.5, 0.6) is 0 Å². The zero-order chi connectivity index (χ0) is 29.0. The van der Waals surface area contributed by atoms with Gasteiger partial charge in [-0.25, -0.2) is 13.1 Å². The van der Waals surface area contributed by atoms with E-state index in [0.717, 1.165) is 10.6 Å². The minimum atomic E-state index is -3.72. The molecule has 1 aliphatic rings. The zero-order valence-electron chi connectivity index (χ0n) is 23.0. The second-order valence-corrected chi connectivity index (χ2v) is 11.2. The highest BCUT2D eigenvalue weighted by atomic mass is 32.2. The molecular formula is C30H31N5O4S. The molecule has 10 heteroatoms. The molecule has 0 radical (unpaired) electrons. The Labute approximate surface area is 234 Å². The summed E-state index contributed by atoms with van der Waals surface area (Å²) >= 11 is 0. The van der Waals surface area contributed by atoms with Crippen LogP contribution < -0.4 is 0 Å². The molecule has 2 aromatic carbocycles. The fourth-order valence-corrected chi connectivity index (χ4v) is 6.16. The molecule has 206 valence electrons. The van der Waals surface area contributed by atoms with Gasteiger partial charge in [-0.2, -0.15) is 14.7 Å². The maximum absolute atomic E-state index is 13.4. The molecule has 0 fully saturated rings. The molecule has 0 spiro atoms. The van der Waals surface area contributed by atoms with Crippen LogP contribution in [0.4, 0.5) is 0 Å². The fourth-order valence-electron chi connectivity index (χ4n) is 4.66. The predicted molar refractivity (Wildman–Crippen MR) is 152 cm³/mol. The first-order valence-corrected chi connectivity index (χ1v) is 14.6. The third kappa shape index (κ3) is 5.26. The minimum Gasteiger partial charge on any atom is -0.274 e. The first-order valence-electron chi connectivity index (χ1n) is 13.1. The molecular weight excluding hydrogens is 526 g/mol. The van der Waals surface area contributed by atoms with Gasteiger partial charge in [0.25, 0.3) is 11.8 Å². The van der Waals surface area contributed by atoms with Gasteiger partial charge in [-0.1, -0.05) is 51.1 Å². The molecule has 1 aliphatic heterocycles. The number of carbonyl (C=O) groups excluding carboxylic acids is 2. The van der Waals surface area contributed by atoms with Crippen molar-refractivity contribution in [2.24, 2.45) is 0 Å². The van der Waals surface area contributed by atoms with Gasteiger partial charge in [0.05, 0.1) is 10.6 Å². The number of aromatic nitrogens is 2. The molecule has 2 amide bonds. The van der Waals surface area contributed by atoms with Gasteiger partial charge in [0.1, 0.15) is 17.3 Å². The lowest BCUT2D eigenvalue weighted by atomic mass is 9.93. The van der Waals surface area contributed by atoms with Crippen LogP contribution >= 0.6 is 0 Å². The number of benzene rings is 2. The Kier molecular flexibility index (Phi) is 8.47. The van der Waals surface area contributed by atoms with Crippen molar-refractivity contribution >= 4 is 27.9 Å². The smallest absolute Gasteiger partial charge is 0.271 e. The number of sulfonamides is 1. The van der Waals surface area contributed by atoms with Crippen molar-refractivity contribution in [1.29, 1.82) is 5.26 Å². The van der Waals surface area contributed by atoms with E-state index < -0.39 is 21.8 Å². The first kappa shape index (κ1) is 28.7. The molecule has 9 nitrogen and oxygen atoms in total. The maximum atomic E-state index is 13.4. The van der Waals surface area contributed by atoms with Crippen molar-refractivity contribution < 1.29 is 18.0 Å². The number of carbonyl (C=O) groups is 2. The minimum absolute atomic E-state index is 0.0800. The highest BCUT2D eigenvalue weighted by Gasteiger charge is 2.35. The van der Waals surface area contributed by atoms with E-state index in [9.17, 15) is 23.3 Å². The van der Waals surface area contributed by atoms with Gasteiger partial charge in [0.2, 0.25) is 10.0 Å². The molecule has 0 atom stereocenters. The van der Waals surface area contributed by atoms with Crippen LogP contribution in [0.25, 0.3) is 23.0 Å². The second kappa shape index (κ2) is 11.8. The fraction of sp³-hybridized carbons (Fsp3) is 0.267. The molecule has 3 aromatic rings. The Balaban J connectivity index is 1.94. The zero-order valence-corrected chi connectivity index (χ0v) is 23.8. The van der Waals surface area contributed by atoms with Crippen molar-refractivity contribution in [2.75, 3.05) is 19.6 Å². The second-order valence-electron chi connectivity index (χ2n) is 9.26. The van der Waals surface area contributed by atoms with E-state index in [0.29, 0.717) is 41.9 Å². The quantitative estimate of drug-likeness (QED) is 0.281. The van der Waals surface area contributed by atoms with E-state index in [1.165, 1.54) is 4.31 Å².